The van der Waals surface area contributed by atoms with Gasteiger partial charge in [-0.05, 0) is 30.7 Å². The quantitative estimate of drug-likeness (QED) is 0.416. The molecular formula is C20H27FN4O2. The molecule has 0 radical (unpaired) electrons. The summed E-state index contributed by atoms with van der Waals surface area (Å²) >= 11 is 0. The van der Waals surface area contributed by atoms with Crippen LogP contribution in [0.1, 0.15) is 18.1 Å². The SMILES string of the molecule is CCNC(=NCc1cccnc1OCCOC)N(C)Cc1ccc(F)cc1. The zero-order chi connectivity index (χ0) is 19.5. The van der Waals surface area contributed by atoms with Crippen LogP contribution in [0, 0.1) is 5.82 Å². The lowest BCUT2D eigenvalue weighted by Gasteiger charge is -2.22. The number of methoxy groups -OCH3 is 1. The van der Waals surface area contributed by atoms with E-state index in [-0.39, 0.29) is 5.82 Å². The first kappa shape index (κ1) is 20.6. The molecule has 2 rings (SSSR count). The maximum atomic E-state index is 13.1. The first-order valence-corrected chi connectivity index (χ1v) is 8.93. The molecule has 0 aliphatic carbocycles. The van der Waals surface area contributed by atoms with Gasteiger partial charge in [-0.15, -0.1) is 0 Å². The van der Waals surface area contributed by atoms with Crippen molar-refractivity contribution in [3.8, 4) is 5.88 Å². The highest BCUT2D eigenvalue weighted by Crippen LogP contribution is 2.15. The molecule has 0 aliphatic heterocycles. The van der Waals surface area contributed by atoms with E-state index in [1.165, 1.54) is 12.1 Å². The lowest BCUT2D eigenvalue weighted by atomic mass is 10.2. The predicted octanol–water partition coefficient (Wildman–Crippen LogP) is 2.84. The van der Waals surface area contributed by atoms with Gasteiger partial charge < -0.3 is 19.7 Å². The average Bonchev–Trinajstić information content (AvgIpc) is 2.68. The second-order valence-electron chi connectivity index (χ2n) is 5.96. The molecule has 146 valence electrons. The van der Waals surface area contributed by atoms with E-state index < -0.39 is 0 Å². The summed E-state index contributed by atoms with van der Waals surface area (Å²) in [4.78, 5) is 11.0. The van der Waals surface area contributed by atoms with Crippen molar-refractivity contribution in [1.82, 2.24) is 15.2 Å². The first-order chi connectivity index (χ1) is 13.1. The molecule has 1 aromatic heterocycles. The van der Waals surface area contributed by atoms with Crippen molar-refractivity contribution in [3.05, 3.63) is 59.5 Å². The van der Waals surface area contributed by atoms with Crippen LogP contribution in [0.2, 0.25) is 0 Å². The largest absolute Gasteiger partial charge is 0.475 e. The molecule has 27 heavy (non-hydrogen) atoms. The molecule has 0 saturated heterocycles. The van der Waals surface area contributed by atoms with Crippen LogP contribution < -0.4 is 10.1 Å². The maximum absolute atomic E-state index is 13.1. The lowest BCUT2D eigenvalue weighted by molar-refractivity contribution is 0.143. The van der Waals surface area contributed by atoms with Gasteiger partial charge in [-0.3, -0.25) is 0 Å². The second-order valence-corrected chi connectivity index (χ2v) is 5.96. The van der Waals surface area contributed by atoms with Crippen molar-refractivity contribution >= 4 is 5.96 Å². The van der Waals surface area contributed by atoms with E-state index in [0.29, 0.717) is 32.2 Å². The average molecular weight is 374 g/mol. The summed E-state index contributed by atoms with van der Waals surface area (Å²) < 4.78 is 23.8. The van der Waals surface area contributed by atoms with Crippen LogP contribution in [0.3, 0.4) is 0 Å². The number of guanidine groups is 1. The first-order valence-electron chi connectivity index (χ1n) is 8.93. The van der Waals surface area contributed by atoms with E-state index in [0.717, 1.165) is 23.6 Å². The topological polar surface area (TPSA) is 59.0 Å². The van der Waals surface area contributed by atoms with Gasteiger partial charge in [0.2, 0.25) is 5.88 Å². The van der Waals surface area contributed by atoms with Crippen molar-refractivity contribution in [3.63, 3.8) is 0 Å². The smallest absolute Gasteiger partial charge is 0.218 e. The highest BCUT2D eigenvalue weighted by atomic mass is 19.1. The summed E-state index contributed by atoms with van der Waals surface area (Å²) in [5.74, 6) is 1.09. The number of ether oxygens (including phenoxy) is 2. The van der Waals surface area contributed by atoms with E-state index in [4.69, 9.17) is 14.5 Å². The van der Waals surface area contributed by atoms with E-state index in [1.54, 1.807) is 25.4 Å². The Morgan fingerprint density at radius 3 is 2.70 bits per heavy atom. The number of hydrogen-bond donors (Lipinski definition) is 1. The normalized spacial score (nSPS) is 11.3. The van der Waals surface area contributed by atoms with Gasteiger partial charge in [0.25, 0.3) is 0 Å². The molecular weight excluding hydrogens is 347 g/mol. The summed E-state index contributed by atoms with van der Waals surface area (Å²) in [5, 5.41) is 3.28. The van der Waals surface area contributed by atoms with Gasteiger partial charge in [0.1, 0.15) is 12.4 Å². The maximum Gasteiger partial charge on any atom is 0.218 e. The van der Waals surface area contributed by atoms with Crippen LogP contribution in [-0.4, -0.2) is 49.8 Å². The van der Waals surface area contributed by atoms with Gasteiger partial charge in [-0.1, -0.05) is 18.2 Å². The van der Waals surface area contributed by atoms with E-state index in [1.807, 2.05) is 31.0 Å². The van der Waals surface area contributed by atoms with Crippen molar-refractivity contribution in [2.75, 3.05) is 33.9 Å². The Balaban J connectivity index is 2.07. The zero-order valence-corrected chi connectivity index (χ0v) is 16.1. The molecule has 0 spiro atoms. The number of benzene rings is 1. The van der Waals surface area contributed by atoms with Crippen LogP contribution in [0.4, 0.5) is 4.39 Å². The Morgan fingerprint density at radius 2 is 2.00 bits per heavy atom. The number of hydrogen-bond acceptors (Lipinski definition) is 4. The van der Waals surface area contributed by atoms with E-state index in [9.17, 15) is 4.39 Å². The third kappa shape index (κ3) is 6.86. The monoisotopic (exact) mass is 374 g/mol. The zero-order valence-electron chi connectivity index (χ0n) is 16.1. The molecule has 6 nitrogen and oxygen atoms in total. The highest BCUT2D eigenvalue weighted by molar-refractivity contribution is 5.79. The van der Waals surface area contributed by atoms with Gasteiger partial charge >= 0.3 is 0 Å². The Morgan fingerprint density at radius 1 is 1.22 bits per heavy atom. The van der Waals surface area contributed by atoms with Gasteiger partial charge in [0, 0.05) is 39.0 Å². The molecule has 1 N–H and O–H groups in total. The summed E-state index contributed by atoms with van der Waals surface area (Å²) in [5.41, 5.74) is 1.91. The van der Waals surface area contributed by atoms with Gasteiger partial charge in [0.15, 0.2) is 5.96 Å². The highest BCUT2D eigenvalue weighted by Gasteiger charge is 2.09. The van der Waals surface area contributed by atoms with Gasteiger partial charge in [0.05, 0.1) is 13.2 Å². The molecule has 7 heteroatoms. The Bertz CT molecular complexity index is 722. The summed E-state index contributed by atoms with van der Waals surface area (Å²) in [6.45, 7) is 4.77. The van der Waals surface area contributed by atoms with Crippen molar-refractivity contribution in [2.24, 2.45) is 4.99 Å². The molecule has 1 heterocycles. The number of aromatic nitrogens is 1. The second kappa shape index (κ2) is 11.1. The molecule has 1 aromatic carbocycles. The number of aliphatic imine (C=N–C) groups is 1. The minimum atomic E-state index is -0.237. The summed E-state index contributed by atoms with van der Waals surface area (Å²) in [6.07, 6.45) is 1.70. The minimum absolute atomic E-state index is 0.237. The molecule has 0 bridgehead atoms. The molecule has 0 fully saturated rings. The van der Waals surface area contributed by atoms with Crippen LogP contribution in [0.25, 0.3) is 0 Å². The van der Waals surface area contributed by atoms with Crippen LogP contribution >= 0.6 is 0 Å². The van der Waals surface area contributed by atoms with Gasteiger partial charge in [-0.25, -0.2) is 14.4 Å². The van der Waals surface area contributed by atoms with Crippen molar-refractivity contribution < 1.29 is 13.9 Å². The summed E-state index contributed by atoms with van der Waals surface area (Å²) in [6, 6.07) is 10.3. The third-order valence-corrected chi connectivity index (χ3v) is 3.80. The number of nitrogens with zero attached hydrogens (tertiary/aromatic N) is 3. The molecule has 0 unspecified atom stereocenters. The van der Waals surface area contributed by atoms with Gasteiger partial charge in [-0.2, -0.15) is 0 Å². The van der Waals surface area contributed by atoms with Crippen LogP contribution in [-0.2, 0) is 17.8 Å². The Labute approximate surface area is 160 Å². The minimum Gasteiger partial charge on any atom is -0.475 e. The van der Waals surface area contributed by atoms with Crippen LogP contribution in [0.15, 0.2) is 47.6 Å². The fraction of sp³-hybridized carbons (Fsp3) is 0.400. The van der Waals surface area contributed by atoms with E-state index in [2.05, 4.69) is 10.3 Å². The molecule has 0 atom stereocenters. The third-order valence-electron chi connectivity index (χ3n) is 3.80. The lowest BCUT2D eigenvalue weighted by Crippen LogP contribution is -2.38. The Kier molecular flexibility index (Phi) is 8.51. The molecule has 0 aliphatic rings. The predicted molar refractivity (Wildman–Crippen MR) is 104 cm³/mol. The molecule has 0 saturated carbocycles. The molecule has 0 amide bonds. The fourth-order valence-corrected chi connectivity index (χ4v) is 2.46. The summed E-state index contributed by atoms with van der Waals surface area (Å²) in [7, 11) is 3.58. The number of rotatable bonds is 9. The van der Waals surface area contributed by atoms with Crippen LogP contribution in [0.5, 0.6) is 5.88 Å². The fourth-order valence-electron chi connectivity index (χ4n) is 2.46. The van der Waals surface area contributed by atoms with Crippen molar-refractivity contribution in [1.29, 1.82) is 0 Å². The molecule has 2 aromatic rings. The number of nitrogens with one attached hydrogen (secondary N) is 1. The van der Waals surface area contributed by atoms with Crippen molar-refractivity contribution in [2.45, 2.75) is 20.0 Å². The number of halogens is 1. The van der Waals surface area contributed by atoms with E-state index >= 15 is 0 Å². The number of pyridine rings is 1. The standard InChI is InChI=1S/C20H27FN4O2/c1-4-22-20(25(2)15-16-7-9-18(21)10-8-16)24-14-17-6-5-11-23-19(17)27-13-12-26-3/h5-11H,4,12-15H2,1-3H3,(H,22,24). The Hall–Kier alpha value is -2.67.